The van der Waals surface area contributed by atoms with E-state index < -0.39 is 19.1 Å². The van der Waals surface area contributed by atoms with Gasteiger partial charge in [-0.15, -0.1) is 0 Å². The zero-order valence-corrected chi connectivity index (χ0v) is 13.6. The van der Waals surface area contributed by atoms with E-state index in [0.717, 1.165) is 12.1 Å². The van der Waals surface area contributed by atoms with Gasteiger partial charge < -0.3 is 0 Å². The third kappa shape index (κ3) is 4.68. The molecule has 0 radical (unpaired) electrons. The van der Waals surface area contributed by atoms with E-state index in [-0.39, 0.29) is 26.4 Å². The fraction of sp³-hybridized carbons (Fsp3) is 0.333. The van der Waals surface area contributed by atoms with Crippen molar-refractivity contribution in [3.05, 3.63) is 22.2 Å². The number of anilines is 1. The Hall–Kier alpha value is -0.210. The molecule has 10 heteroatoms. The van der Waals surface area contributed by atoms with Crippen molar-refractivity contribution >= 4 is 58.6 Å². The molecular weight excluding hydrogens is 357 g/mol. The van der Waals surface area contributed by atoms with Crippen molar-refractivity contribution in [3.63, 3.8) is 0 Å². The molecular formula is C9H10Cl3NO4S2. The molecule has 0 heterocycles. The van der Waals surface area contributed by atoms with Gasteiger partial charge in [0.2, 0.25) is 10.0 Å². The maximum Gasteiger partial charge on any atom is 0.261 e. The van der Waals surface area contributed by atoms with Crippen molar-refractivity contribution in [1.82, 2.24) is 0 Å². The summed E-state index contributed by atoms with van der Waals surface area (Å²) < 4.78 is 47.7. The molecule has 0 aliphatic rings. The van der Waals surface area contributed by atoms with Crippen molar-refractivity contribution in [2.24, 2.45) is 0 Å². The Morgan fingerprint density at radius 3 is 1.95 bits per heavy atom. The topological polar surface area (TPSA) is 80.3 Å². The van der Waals surface area contributed by atoms with Crippen molar-refractivity contribution < 1.29 is 16.8 Å². The summed E-state index contributed by atoms with van der Waals surface area (Å²) in [5.41, 5.74) is -0.0687. The van der Waals surface area contributed by atoms with E-state index in [4.69, 9.17) is 33.9 Å². The van der Waals surface area contributed by atoms with Gasteiger partial charge in [-0.3, -0.25) is 4.72 Å². The summed E-state index contributed by atoms with van der Waals surface area (Å²) >= 11 is 11.6. The average Bonchev–Trinajstić information content (AvgIpc) is 2.21. The van der Waals surface area contributed by atoms with Crippen LogP contribution in [0.1, 0.15) is 13.3 Å². The lowest BCUT2D eigenvalue weighted by Gasteiger charge is -2.11. The Balaban J connectivity index is 3.26. The van der Waals surface area contributed by atoms with Crippen LogP contribution in [-0.4, -0.2) is 22.6 Å². The molecule has 0 saturated heterocycles. The Bertz CT molecular complexity index is 662. The van der Waals surface area contributed by atoms with Crippen LogP contribution in [0.25, 0.3) is 0 Å². The largest absolute Gasteiger partial charge is 0.281 e. The molecule has 1 aromatic rings. The van der Waals surface area contributed by atoms with Gasteiger partial charge in [-0.25, -0.2) is 16.8 Å². The molecule has 0 aromatic heterocycles. The van der Waals surface area contributed by atoms with E-state index in [1.165, 1.54) is 0 Å². The minimum absolute atomic E-state index is 0.0687. The first-order valence-corrected chi connectivity index (χ1v) is 9.73. The number of hydrogen-bond donors (Lipinski definition) is 1. The molecule has 0 aliphatic carbocycles. The zero-order valence-electron chi connectivity index (χ0n) is 9.65. The number of hydrogen-bond acceptors (Lipinski definition) is 4. The summed E-state index contributed by atoms with van der Waals surface area (Å²) in [6.07, 6.45) is 0.415. The summed E-state index contributed by atoms with van der Waals surface area (Å²) in [5, 5.41) is -0.294. The monoisotopic (exact) mass is 365 g/mol. The Morgan fingerprint density at radius 2 is 1.58 bits per heavy atom. The highest BCUT2D eigenvalue weighted by Crippen LogP contribution is 2.35. The number of benzene rings is 1. The van der Waals surface area contributed by atoms with Gasteiger partial charge in [0.1, 0.15) is 0 Å². The van der Waals surface area contributed by atoms with Gasteiger partial charge in [0, 0.05) is 10.7 Å². The summed E-state index contributed by atoms with van der Waals surface area (Å²) in [7, 11) is -2.42. The molecule has 1 rings (SSSR count). The summed E-state index contributed by atoms with van der Waals surface area (Å²) in [6, 6.07) is 2.05. The summed E-state index contributed by atoms with van der Waals surface area (Å²) in [4.78, 5) is -0.303. The molecule has 0 amide bonds. The van der Waals surface area contributed by atoms with Crippen molar-refractivity contribution in [2.45, 2.75) is 18.2 Å². The van der Waals surface area contributed by atoms with E-state index >= 15 is 0 Å². The molecule has 108 valence electrons. The van der Waals surface area contributed by atoms with Gasteiger partial charge in [0.05, 0.1) is 26.4 Å². The smallest absolute Gasteiger partial charge is 0.261 e. The average molecular weight is 367 g/mol. The zero-order chi connectivity index (χ0) is 14.8. The predicted molar refractivity (Wildman–Crippen MR) is 77.2 cm³/mol. The molecule has 5 nitrogen and oxygen atoms in total. The molecule has 19 heavy (non-hydrogen) atoms. The highest BCUT2D eigenvalue weighted by atomic mass is 35.7. The number of halogens is 3. The lowest BCUT2D eigenvalue weighted by molar-refractivity contribution is 0.599. The third-order valence-electron chi connectivity index (χ3n) is 2.03. The van der Waals surface area contributed by atoms with Crippen LogP contribution in [0.2, 0.25) is 10.0 Å². The van der Waals surface area contributed by atoms with Crippen LogP contribution < -0.4 is 4.72 Å². The van der Waals surface area contributed by atoms with Crippen molar-refractivity contribution in [2.75, 3.05) is 10.5 Å². The Morgan fingerprint density at radius 1 is 1.11 bits per heavy atom. The quantitative estimate of drug-likeness (QED) is 0.812. The highest BCUT2D eigenvalue weighted by molar-refractivity contribution is 8.13. The Kier molecular flexibility index (Phi) is 5.36. The maximum absolute atomic E-state index is 11.6. The number of rotatable bonds is 5. The fourth-order valence-corrected chi connectivity index (χ4v) is 4.04. The van der Waals surface area contributed by atoms with Crippen molar-refractivity contribution in [3.8, 4) is 0 Å². The van der Waals surface area contributed by atoms with Gasteiger partial charge in [-0.05, 0) is 18.6 Å². The molecule has 0 bridgehead atoms. The SMILES string of the molecule is CCCS(=O)(=O)Nc1c(Cl)cc(S(=O)(=O)Cl)cc1Cl. The van der Waals surface area contributed by atoms with E-state index in [2.05, 4.69) is 4.72 Å². The molecule has 0 fully saturated rings. The van der Waals surface area contributed by atoms with Crippen LogP contribution in [0.15, 0.2) is 17.0 Å². The van der Waals surface area contributed by atoms with Gasteiger partial charge in [-0.2, -0.15) is 0 Å². The Labute approximate surface area is 126 Å². The van der Waals surface area contributed by atoms with Crippen LogP contribution in [-0.2, 0) is 19.1 Å². The van der Waals surface area contributed by atoms with Gasteiger partial charge in [-0.1, -0.05) is 30.1 Å². The van der Waals surface area contributed by atoms with Crippen LogP contribution in [0.3, 0.4) is 0 Å². The normalized spacial score (nSPS) is 12.4. The van der Waals surface area contributed by atoms with E-state index in [1.807, 2.05) is 0 Å². The first-order chi connectivity index (χ1) is 8.57. The van der Waals surface area contributed by atoms with E-state index in [1.54, 1.807) is 6.92 Å². The molecule has 1 N–H and O–H groups in total. The van der Waals surface area contributed by atoms with Crippen molar-refractivity contribution in [1.29, 1.82) is 0 Å². The number of nitrogens with one attached hydrogen (secondary N) is 1. The molecule has 0 atom stereocenters. The molecule has 0 unspecified atom stereocenters. The second kappa shape index (κ2) is 6.05. The van der Waals surface area contributed by atoms with E-state index in [0.29, 0.717) is 6.42 Å². The first kappa shape index (κ1) is 16.8. The van der Waals surface area contributed by atoms with Gasteiger partial charge in [0.25, 0.3) is 9.05 Å². The lowest BCUT2D eigenvalue weighted by Crippen LogP contribution is -2.16. The van der Waals surface area contributed by atoms with Crippen LogP contribution in [0.4, 0.5) is 5.69 Å². The minimum atomic E-state index is -3.99. The minimum Gasteiger partial charge on any atom is -0.281 e. The molecule has 0 spiro atoms. The first-order valence-electron chi connectivity index (χ1n) is 5.01. The van der Waals surface area contributed by atoms with Gasteiger partial charge >= 0.3 is 0 Å². The van der Waals surface area contributed by atoms with Gasteiger partial charge in [0.15, 0.2) is 0 Å². The maximum atomic E-state index is 11.6. The summed E-state index contributed by atoms with van der Waals surface area (Å²) in [6.45, 7) is 1.70. The second-order valence-electron chi connectivity index (χ2n) is 3.62. The third-order valence-corrected chi connectivity index (χ3v) is 5.42. The molecule has 0 saturated carbocycles. The second-order valence-corrected chi connectivity index (χ2v) is 8.84. The van der Waals surface area contributed by atoms with Crippen LogP contribution >= 0.6 is 33.9 Å². The highest BCUT2D eigenvalue weighted by Gasteiger charge is 2.19. The predicted octanol–water partition coefficient (Wildman–Crippen LogP) is 3.07. The fourth-order valence-electron chi connectivity index (χ4n) is 1.26. The molecule has 0 aliphatic heterocycles. The van der Waals surface area contributed by atoms with Crippen LogP contribution in [0.5, 0.6) is 0 Å². The van der Waals surface area contributed by atoms with E-state index in [9.17, 15) is 16.8 Å². The van der Waals surface area contributed by atoms with Crippen LogP contribution in [0, 0.1) is 0 Å². The lowest BCUT2D eigenvalue weighted by atomic mass is 10.3. The molecule has 1 aromatic carbocycles. The number of sulfonamides is 1. The standard InChI is InChI=1S/C9H10Cl3NO4S2/c1-2-3-18(14,15)13-9-7(10)4-6(5-8(9)11)19(12,16)17/h4-5,13H,2-3H2,1H3. The summed E-state index contributed by atoms with van der Waals surface area (Å²) in [5.74, 6) is -0.102.